The van der Waals surface area contributed by atoms with E-state index in [1.165, 1.54) is 18.2 Å². The third-order valence-electron chi connectivity index (χ3n) is 4.23. The van der Waals surface area contributed by atoms with Gasteiger partial charge in [0.15, 0.2) is 0 Å². The maximum Gasteiger partial charge on any atom is 0.316 e. The Bertz CT molecular complexity index is 792. The van der Waals surface area contributed by atoms with E-state index < -0.39 is 0 Å². The van der Waals surface area contributed by atoms with Crippen LogP contribution < -0.4 is 0 Å². The summed E-state index contributed by atoms with van der Waals surface area (Å²) in [4.78, 5) is 16.6. The zero-order valence-corrected chi connectivity index (χ0v) is 14.6. The highest BCUT2D eigenvalue weighted by molar-refractivity contribution is 7.99. The highest BCUT2D eigenvalue weighted by Gasteiger charge is 2.18. The Morgan fingerprint density at radius 3 is 2.88 bits per heavy atom. The molecule has 1 fully saturated rings. The molecule has 0 N–H and O–H groups in total. The molecule has 0 unspecified atom stereocenters. The van der Waals surface area contributed by atoms with E-state index in [0.717, 1.165) is 42.1 Å². The van der Waals surface area contributed by atoms with Gasteiger partial charge in [0, 0.05) is 5.39 Å². The number of aryl methyl sites for hydroxylation is 1. The quantitative estimate of drug-likeness (QED) is 0.610. The number of hydrogen-bond acceptors (Lipinski definition) is 5. The number of ether oxygens (including phenoxy) is 1. The lowest BCUT2D eigenvalue weighted by Crippen LogP contribution is -2.21. The standard InChI is InChI=1S/C19H20N2O2S/c1-13-7-8-17-14(9-13)10-15(11-20)19(21-17)24-12-18(22)23-16-5-3-2-4-6-16/h7-10,16H,2-6,12H2,1H3. The van der Waals surface area contributed by atoms with Gasteiger partial charge in [0.05, 0.1) is 16.8 Å². The maximum absolute atomic E-state index is 12.0. The third kappa shape index (κ3) is 4.07. The number of esters is 1. The molecule has 3 rings (SSSR count). The van der Waals surface area contributed by atoms with Gasteiger partial charge in [-0.15, -0.1) is 0 Å². The van der Waals surface area contributed by atoms with Gasteiger partial charge in [-0.3, -0.25) is 4.79 Å². The smallest absolute Gasteiger partial charge is 0.316 e. The summed E-state index contributed by atoms with van der Waals surface area (Å²) in [6.45, 7) is 2.01. The molecule has 0 radical (unpaired) electrons. The van der Waals surface area contributed by atoms with E-state index in [4.69, 9.17) is 4.74 Å². The van der Waals surface area contributed by atoms with Crippen LogP contribution in [0.3, 0.4) is 0 Å². The first kappa shape index (κ1) is 16.8. The summed E-state index contributed by atoms with van der Waals surface area (Å²) < 4.78 is 5.52. The summed E-state index contributed by atoms with van der Waals surface area (Å²) in [5.74, 6) is -0.0307. The molecular formula is C19H20N2O2S. The summed E-state index contributed by atoms with van der Waals surface area (Å²) in [5.41, 5.74) is 2.47. The second-order valence-electron chi connectivity index (χ2n) is 6.19. The van der Waals surface area contributed by atoms with Gasteiger partial charge in [0.1, 0.15) is 17.2 Å². The maximum atomic E-state index is 12.0. The summed E-state index contributed by atoms with van der Waals surface area (Å²) in [7, 11) is 0. The average molecular weight is 340 g/mol. The Morgan fingerprint density at radius 1 is 1.33 bits per heavy atom. The topological polar surface area (TPSA) is 63.0 Å². The number of thioether (sulfide) groups is 1. The number of aromatic nitrogens is 1. The van der Waals surface area contributed by atoms with E-state index in [0.29, 0.717) is 10.6 Å². The Labute approximate surface area is 146 Å². The van der Waals surface area contributed by atoms with Crippen LogP contribution in [0.2, 0.25) is 0 Å². The fraction of sp³-hybridized carbons (Fsp3) is 0.421. The predicted molar refractivity (Wildman–Crippen MR) is 94.9 cm³/mol. The molecule has 4 nitrogen and oxygen atoms in total. The highest BCUT2D eigenvalue weighted by atomic mass is 32.2. The zero-order valence-electron chi connectivity index (χ0n) is 13.7. The van der Waals surface area contributed by atoms with Crippen molar-refractivity contribution in [3.8, 4) is 6.07 Å². The van der Waals surface area contributed by atoms with Crippen LogP contribution in [-0.2, 0) is 9.53 Å². The van der Waals surface area contributed by atoms with Crippen LogP contribution in [0, 0.1) is 18.3 Å². The van der Waals surface area contributed by atoms with Crippen molar-refractivity contribution < 1.29 is 9.53 Å². The normalized spacial score (nSPS) is 15.2. The van der Waals surface area contributed by atoms with E-state index in [9.17, 15) is 10.1 Å². The molecule has 1 aromatic carbocycles. The first-order valence-electron chi connectivity index (χ1n) is 8.29. The Kier molecular flexibility index (Phi) is 5.37. The number of nitrogens with zero attached hydrogens (tertiary/aromatic N) is 2. The van der Waals surface area contributed by atoms with Gasteiger partial charge in [0.2, 0.25) is 0 Å². The lowest BCUT2D eigenvalue weighted by molar-refractivity contribution is -0.147. The molecule has 0 aliphatic heterocycles. The molecule has 0 spiro atoms. The van der Waals surface area contributed by atoms with Crippen LogP contribution in [0.25, 0.3) is 10.9 Å². The Morgan fingerprint density at radius 2 is 2.12 bits per heavy atom. The second-order valence-corrected chi connectivity index (χ2v) is 7.15. The summed E-state index contributed by atoms with van der Waals surface area (Å²) in [6.07, 6.45) is 5.50. The van der Waals surface area contributed by atoms with Crippen molar-refractivity contribution in [3.05, 3.63) is 35.4 Å². The van der Waals surface area contributed by atoms with Crippen molar-refractivity contribution >= 4 is 28.6 Å². The summed E-state index contributed by atoms with van der Waals surface area (Å²) in [5, 5.41) is 10.9. The lowest BCUT2D eigenvalue weighted by Gasteiger charge is -2.21. The minimum atomic E-state index is -0.221. The minimum absolute atomic E-state index is 0.0647. The molecule has 1 saturated carbocycles. The molecule has 0 saturated heterocycles. The number of rotatable bonds is 4. The molecule has 1 heterocycles. The first-order chi connectivity index (χ1) is 11.7. The van der Waals surface area contributed by atoms with Crippen LogP contribution in [0.15, 0.2) is 29.3 Å². The Hall–Kier alpha value is -2.06. The minimum Gasteiger partial charge on any atom is -0.462 e. The molecule has 124 valence electrons. The Balaban J connectivity index is 1.68. The molecule has 24 heavy (non-hydrogen) atoms. The number of benzene rings is 1. The molecule has 1 aromatic heterocycles. The van der Waals surface area contributed by atoms with Crippen LogP contribution in [0.5, 0.6) is 0 Å². The summed E-state index contributed by atoms with van der Waals surface area (Å²) >= 11 is 1.28. The molecule has 0 atom stereocenters. The third-order valence-corrected chi connectivity index (χ3v) is 5.20. The molecule has 0 amide bonds. The van der Waals surface area contributed by atoms with Gasteiger partial charge < -0.3 is 4.74 Å². The van der Waals surface area contributed by atoms with Gasteiger partial charge in [-0.25, -0.2) is 4.98 Å². The van der Waals surface area contributed by atoms with Crippen molar-refractivity contribution in [2.45, 2.75) is 50.2 Å². The molecule has 1 aliphatic carbocycles. The second kappa shape index (κ2) is 7.67. The number of nitriles is 1. The van der Waals surface area contributed by atoms with E-state index in [1.54, 1.807) is 0 Å². The fourth-order valence-corrected chi connectivity index (χ4v) is 3.74. The molecule has 5 heteroatoms. The number of fused-ring (bicyclic) bond motifs is 1. The first-order valence-corrected chi connectivity index (χ1v) is 9.28. The van der Waals surface area contributed by atoms with Crippen molar-refractivity contribution in [2.75, 3.05) is 5.75 Å². The molecule has 0 bridgehead atoms. The predicted octanol–water partition coefficient (Wildman–Crippen LogP) is 4.38. The van der Waals surface area contributed by atoms with E-state index in [2.05, 4.69) is 11.1 Å². The highest BCUT2D eigenvalue weighted by Crippen LogP contribution is 2.26. The van der Waals surface area contributed by atoms with Gasteiger partial charge in [-0.2, -0.15) is 5.26 Å². The summed E-state index contributed by atoms with van der Waals surface area (Å²) in [6, 6.07) is 9.96. The molecule has 1 aliphatic rings. The van der Waals surface area contributed by atoms with Crippen molar-refractivity contribution in [2.24, 2.45) is 0 Å². The van der Waals surface area contributed by atoms with Gasteiger partial charge in [-0.1, -0.05) is 29.8 Å². The van der Waals surface area contributed by atoms with Crippen LogP contribution >= 0.6 is 11.8 Å². The van der Waals surface area contributed by atoms with E-state index in [-0.39, 0.29) is 17.8 Å². The molecular weight excluding hydrogens is 320 g/mol. The van der Waals surface area contributed by atoms with Crippen LogP contribution in [0.4, 0.5) is 0 Å². The number of carbonyl (C=O) groups excluding carboxylic acids is 1. The van der Waals surface area contributed by atoms with Crippen LogP contribution in [0.1, 0.15) is 43.2 Å². The van der Waals surface area contributed by atoms with Gasteiger partial charge in [0.25, 0.3) is 0 Å². The lowest BCUT2D eigenvalue weighted by atomic mass is 9.98. The fourth-order valence-electron chi connectivity index (χ4n) is 3.00. The van der Waals surface area contributed by atoms with Crippen molar-refractivity contribution in [1.82, 2.24) is 4.98 Å². The monoisotopic (exact) mass is 340 g/mol. The van der Waals surface area contributed by atoms with Crippen molar-refractivity contribution in [3.63, 3.8) is 0 Å². The molecule has 2 aromatic rings. The van der Waals surface area contributed by atoms with Crippen molar-refractivity contribution in [1.29, 1.82) is 5.26 Å². The van der Waals surface area contributed by atoms with E-state index >= 15 is 0 Å². The number of hydrogen-bond donors (Lipinski definition) is 0. The largest absolute Gasteiger partial charge is 0.462 e. The van der Waals surface area contributed by atoms with Crippen LogP contribution in [-0.4, -0.2) is 22.8 Å². The SMILES string of the molecule is Cc1ccc2nc(SCC(=O)OC3CCCCC3)c(C#N)cc2c1. The average Bonchev–Trinajstić information content (AvgIpc) is 2.60. The van der Waals surface area contributed by atoms with Gasteiger partial charge >= 0.3 is 5.97 Å². The van der Waals surface area contributed by atoms with Gasteiger partial charge in [-0.05, 0) is 50.8 Å². The van der Waals surface area contributed by atoms with E-state index in [1.807, 2.05) is 31.2 Å². The zero-order chi connectivity index (χ0) is 16.9. The number of pyridine rings is 1. The number of carbonyl (C=O) groups is 1.